The number of rotatable bonds is 7. The molecule has 0 saturated carbocycles. The lowest BCUT2D eigenvalue weighted by atomic mass is 10.2. The van der Waals surface area contributed by atoms with Gasteiger partial charge in [-0.3, -0.25) is 4.79 Å². The van der Waals surface area contributed by atoms with Crippen LogP contribution in [0.5, 0.6) is 17.5 Å². The number of aromatic nitrogens is 3. The molecule has 1 N–H and O–H groups in total. The Morgan fingerprint density at radius 2 is 1.77 bits per heavy atom. The number of hydrogen-bond acceptors (Lipinski definition) is 7. The Labute approximate surface area is 174 Å². The number of hydrogen-bond donors (Lipinski definition) is 1. The van der Waals surface area contributed by atoms with Crippen molar-refractivity contribution in [3.63, 3.8) is 0 Å². The lowest BCUT2D eigenvalue weighted by Crippen LogP contribution is -2.14. The Morgan fingerprint density at radius 3 is 2.33 bits per heavy atom. The Bertz CT molecular complexity index is 1200. The molecule has 2 heterocycles. The van der Waals surface area contributed by atoms with E-state index in [1.165, 1.54) is 12.1 Å². The average molecular weight is 429 g/mol. The van der Waals surface area contributed by atoms with Gasteiger partial charge in [0.2, 0.25) is 11.8 Å². The second-order valence-electron chi connectivity index (χ2n) is 6.98. The van der Waals surface area contributed by atoms with Gasteiger partial charge >= 0.3 is 0 Å². The molecule has 0 saturated heterocycles. The monoisotopic (exact) mass is 429 g/mol. The summed E-state index contributed by atoms with van der Waals surface area (Å²) < 4.78 is 34.7. The van der Waals surface area contributed by atoms with Gasteiger partial charge in [-0.15, -0.1) is 0 Å². The van der Waals surface area contributed by atoms with Crippen LogP contribution in [0.25, 0.3) is 11.4 Å². The van der Waals surface area contributed by atoms with Gasteiger partial charge in [-0.05, 0) is 44.5 Å². The molecule has 0 radical (unpaired) electrons. The van der Waals surface area contributed by atoms with Crippen LogP contribution in [0.2, 0.25) is 0 Å². The van der Waals surface area contributed by atoms with Crippen LogP contribution in [0.15, 0.2) is 52.3 Å². The number of sulfone groups is 1. The molecule has 0 aliphatic carbocycles. The maximum atomic E-state index is 12.2. The molecule has 1 aromatic carbocycles. The number of nitrogens with zero attached hydrogens (tertiary/aromatic N) is 2. The molecule has 3 aromatic rings. The third-order valence-electron chi connectivity index (χ3n) is 4.14. The largest absolute Gasteiger partial charge is 0.475 e. The van der Waals surface area contributed by atoms with E-state index in [-0.39, 0.29) is 22.4 Å². The minimum Gasteiger partial charge on any atom is -0.475 e. The topological polar surface area (TPSA) is 111 Å². The minimum absolute atomic E-state index is 0.121. The minimum atomic E-state index is -3.30. The molecule has 30 heavy (non-hydrogen) atoms. The summed E-state index contributed by atoms with van der Waals surface area (Å²) in [5.41, 5.74) is 0.960. The third kappa shape index (κ3) is 5.24. The van der Waals surface area contributed by atoms with Crippen LogP contribution in [0.4, 0.5) is 0 Å². The number of aryl methyl sites for hydroxylation is 1. The summed E-state index contributed by atoms with van der Waals surface area (Å²) in [5.74, 6) is 1.31. The molecule has 0 amide bonds. The van der Waals surface area contributed by atoms with E-state index in [9.17, 15) is 13.2 Å². The van der Waals surface area contributed by atoms with Gasteiger partial charge in [0.1, 0.15) is 11.6 Å². The second kappa shape index (κ2) is 8.66. The van der Waals surface area contributed by atoms with E-state index >= 15 is 0 Å². The molecule has 0 aliphatic heterocycles. The van der Waals surface area contributed by atoms with Crippen molar-refractivity contribution in [2.75, 3.05) is 6.26 Å². The van der Waals surface area contributed by atoms with Crippen molar-refractivity contribution in [2.45, 2.75) is 38.2 Å². The van der Waals surface area contributed by atoms with Gasteiger partial charge in [0.15, 0.2) is 9.84 Å². The smallest absolute Gasteiger partial charge is 0.254 e. The predicted molar refractivity (Wildman–Crippen MR) is 113 cm³/mol. The summed E-state index contributed by atoms with van der Waals surface area (Å²) in [5, 5.41) is 0. The van der Waals surface area contributed by atoms with Gasteiger partial charge in [-0.1, -0.05) is 6.92 Å². The second-order valence-corrected chi connectivity index (χ2v) is 9.00. The first-order valence-electron chi connectivity index (χ1n) is 9.41. The first-order chi connectivity index (χ1) is 14.2. The standard InChI is InChI=1S/C21H23N3O5S/c1-5-14-12-22-20(24-21(14)25)15-10-18(28-13(2)3)23-19(11-15)29-16-6-8-17(9-7-16)30(4,26)27/h6-13H,5H2,1-4H3,(H,22,24,25). The van der Waals surface area contributed by atoms with E-state index in [0.29, 0.717) is 35.0 Å². The van der Waals surface area contributed by atoms with E-state index in [0.717, 1.165) is 6.26 Å². The van der Waals surface area contributed by atoms with Crippen LogP contribution >= 0.6 is 0 Å². The number of aromatic amines is 1. The zero-order valence-electron chi connectivity index (χ0n) is 17.2. The average Bonchev–Trinajstić information content (AvgIpc) is 2.67. The summed E-state index contributed by atoms with van der Waals surface area (Å²) in [7, 11) is -3.30. The fourth-order valence-corrected chi connectivity index (χ4v) is 3.30. The van der Waals surface area contributed by atoms with Crippen LogP contribution in [0.3, 0.4) is 0 Å². The summed E-state index contributed by atoms with van der Waals surface area (Å²) in [4.78, 5) is 23.8. The number of H-pyrrole nitrogens is 1. The summed E-state index contributed by atoms with van der Waals surface area (Å²) in [6, 6.07) is 9.31. The number of benzene rings is 1. The quantitative estimate of drug-likeness (QED) is 0.613. The highest BCUT2D eigenvalue weighted by atomic mass is 32.2. The van der Waals surface area contributed by atoms with Crippen molar-refractivity contribution in [1.29, 1.82) is 0 Å². The molecule has 0 atom stereocenters. The lowest BCUT2D eigenvalue weighted by molar-refractivity contribution is 0.230. The molecule has 2 aromatic heterocycles. The summed E-state index contributed by atoms with van der Waals surface area (Å²) >= 11 is 0. The van der Waals surface area contributed by atoms with Gasteiger partial charge < -0.3 is 14.5 Å². The Hall–Kier alpha value is -3.20. The predicted octanol–water partition coefficient (Wildman–Crippen LogP) is 3.38. The Morgan fingerprint density at radius 1 is 1.10 bits per heavy atom. The van der Waals surface area contributed by atoms with Crippen LogP contribution in [-0.4, -0.2) is 35.7 Å². The van der Waals surface area contributed by atoms with Gasteiger partial charge in [0.05, 0.1) is 11.0 Å². The van der Waals surface area contributed by atoms with Crippen molar-refractivity contribution in [2.24, 2.45) is 0 Å². The van der Waals surface area contributed by atoms with Crippen molar-refractivity contribution < 1.29 is 17.9 Å². The molecular weight excluding hydrogens is 406 g/mol. The molecule has 158 valence electrons. The van der Waals surface area contributed by atoms with Crippen LogP contribution < -0.4 is 15.0 Å². The molecular formula is C21H23N3O5S. The summed E-state index contributed by atoms with van der Waals surface area (Å²) in [6.07, 6.45) is 3.14. The van der Waals surface area contributed by atoms with Gasteiger partial charge in [-0.25, -0.2) is 13.4 Å². The van der Waals surface area contributed by atoms with Gasteiger partial charge in [-0.2, -0.15) is 4.98 Å². The molecule has 3 rings (SSSR count). The lowest BCUT2D eigenvalue weighted by Gasteiger charge is -2.13. The number of nitrogens with one attached hydrogen (secondary N) is 1. The van der Waals surface area contributed by atoms with Crippen LogP contribution in [0, 0.1) is 0 Å². The van der Waals surface area contributed by atoms with E-state index < -0.39 is 9.84 Å². The normalized spacial score (nSPS) is 11.5. The van der Waals surface area contributed by atoms with Crippen molar-refractivity contribution >= 4 is 9.84 Å². The fourth-order valence-electron chi connectivity index (χ4n) is 2.67. The number of ether oxygens (including phenoxy) is 2. The molecule has 0 bridgehead atoms. The molecule has 9 heteroatoms. The van der Waals surface area contributed by atoms with E-state index in [1.54, 1.807) is 30.5 Å². The molecule has 0 aliphatic rings. The van der Waals surface area contributed by atoms with Gasteiger partial charge in [0, 0.05) is 35.7 Å². The highest BCUT2D eigenvalue weighted by molar-refractivity contribution is 7.90. The maximum absolute atomic E-state index is 12.2. The first-order valence-corrected chi connectivity index (χ1v) is 11.3. The first kappa shape index (κ1) is 21.5. The van der Waals surface area contributed by atoms with Crippen molar-refractivity contribution in [3.8, 4) is 28.9 Å². The Balaban J connectivity index is 1.98. The third-order valence-corrected chi connectivity index (χ3v) is 5.26. The SMILES string of the molecule is CCc1cnc(-c2cc(Oc3ccc(S(C)(=O)=O)cc3)nc(OC(C)C)c2)[nH]c1=O. The van der Waals surface area contributed by atoms with Gasteiger partial charge in [0.25, 0.3) is 5.56 Å². The Kier molecular flexibility index (Phi) is 6.21. The highest BCUT2D eigenvalue weighted by Crippen LogP contribution is 2.28. The zero-order chi connectivity index (χ0) is 21.9. The number of pyridine rings is 1. The molecule has 0 fully saturated rings. The van der Waals surface area contributed by atoms with E-state index in [2.05, 4.69) is 15.0 Å². The summed E-state index contributed by atoms with van der Waals surface area (Å²) in [6.45, 7) is 5.62. The van der Waals surface area contributed by atoms with Crippen LogP contribution in [0.1, 0.15) is 26.3 Å². The van der Waals surface area contributed by atoms with E-state index in [4.69, 9.17) is 9.47 Å². The molecule has 0 unspecified atom stereocenters. The van der Waals surface area contributed by atoms with E-state index in [1.807, 2.05) is 20.8 Å². The maximum Gasteiger partial charge on any atom is 0.254 e. The van der Waals surface area contributed by atoms with Crippen molar-refractivity contribution in [1.82, 2.24) is 15.0 Å². The van der Waals surface area contributed by atoms with Crippen LogP contribution in [-0.2, 0) is 16.3 Å². The zero-order valence-corrected chi connectivity index (χ0v) is 18.0. The highest BCUT2D eigenvalue weighted by Gasteiger charge is 2.13. The molecule has 8 nitrogen and oxygen atoms in total. The van der Waals surface area contributed by atoms with Crippen molar-refractivity contribution in [3.05, 3.63) is 58.5 Å². The fraction of sp³-hybridized carbons (Fsp3) is 0.286. The molecule has 0 spiro atoms.